The molecule has 7 heteroatoms. The maximum absolute atomic E-state index is 12.6. The molecule has 0 atom stereocenters. The Balaban J connectivity index is 1.91. The van der Waals surface area contributed by atoms with Crippen LogP contribution < -0.4 is 5.56 Å². The Morgan fingerprint density at radius 3 is 2.80 bits per heavy atom. The summed E-state index contributed by atoms with van der Waals surface area (Å²) < 4.78 is 5.09. The quantitative estimate of drug-likeness (QED) is 0.644. The van der Waals surface area contributed by atoms with Gasteiger partial charge in [-0.3, -0.25) is 9.69 Å². The molecule has 1 aromatic carbocycles. The van der Waals surface area contributed by atoms with Crippen molar-refractivity contribution in [3.05, 3.63) is 51.9 Å². The number of aliphatic hydroxyl groups excluding tert-OH is 1. The second kappa shape index (κ2) is 8.35. The molecule has 3 aromatic rings. The molecule has 0 spiro atoms. The number of thiophene rings is 1. The van der Waals surface area contributed by atoms with E-state index in [9.17, 15) is 9.90 Å². The first-order valence-corrected chi connectivity index (χ1v) is 8.99. The number of H-pyrrole nitrogens is 1. The average molecular weight is 359 g/mol. The Bertz CT molecular complexity index is 876. The normalized spacial score (nSPS) is 11.5. The minimum absolute atomic E-state index is 0.0490. The first kappa shape index (κ1) is 17.8. The summed E-state index contributed by atoms with van der Waals surface area (Å²) in [5.41, 5.74) is 1.79. The van der Waals surface area contributed by atoms with Gasteiger partial charge in [-0.25, -0.2) is 4.98 Å². The van der Waals surface area contributed by atoms with Crippen molar-refractivity contribution in [3.63, 3.8) is 0 Å². The fourth-order valence-corrected chi connectivity index (χ4v) is 3.71. The molecular weight excluding hydrogens is 338 g/mol. The highest BCUT2D eigenvalue weighted by Gasteiger charge is 2.14. The molecule has 6 nitrogen and oxygen atoms in total. The number of rotatable bonds is 8. The lowest BCUT2D eigenvalue weighted by molar-refractivity contribution is 0.125. The van der Waals surface area contributed by atoms with Crippen molar-refractivity contribution in [1.82, 2.24) is 14.9 Å². The number of aliphatic hydroxyl groups is 1. The smallest absolute Gasteiger partial charge is 0.260 e. The summed E-state index contributed by atoms with van der Waals surface area (Å²) in [6, 6.07) is 9.84. The first-order chi connectivity index (χ1) is 12.2. The van der Waals surface area contributed by atoms with Crippen LogP contribution in [0.4, 0.5) is 0 Å². The van der Waals surface area contributed by atoms with Gasteiger partial charge in [0.15, 0.2) is 0 Å². The lowest BCUT2D eigenvalue weighted by atomic mass is 10.1. The summed E-state index contributed by atoms with van der Waals surface area (Å²) in [6.45, 7) is 2.24. The maximum Gasteiger partial charge on any atom is 0.260 e. The van der Waals surface area contributed by atoms with E-state index < -0.39 is 0 Å². The Morgan fingerprint density at radius 2 is 2.08 bits per heavy atom. The van der Waals surface area contributed by atoms with Gasteiger partial charge in [-0.15, -0.1) is 11.3 Å². The third-order valence-electron chi connectivity index (χ3n) is 3.98. The van der Waals surface area contributed by atoms with E-state index in [1.807, 2.05) is 40.6 Å². The van der Waals surface area contributed by atoms with Crippen molar-refractivity contribution >= 4 is 21.6 Å². The van der Waals surface area contributed by atoms with E-state index in [-0.39, 0.29) is 12.2 Å². The van der Waals surface area contributed by atoms with Crippen LogP contribution in [0.2, 0.25) is 0 Å². The monoisotopic (exact) mass is 359 g/mol. The lowest BCUT2D eigenvalue weighted by Crippen LogP contribution is -2.31. The molecule has 0 bridgehead atoms. The molecule has 25 heavy (non-hydrogen) atoms. The molecule has 0 unspecified atom stereocenters. The van der Waals surface area contributed by atoms with E-state index >= 15 is 0 Å². The zero-order valence-corrected chi connectivity index (χ0v) is 14.9. The Kier molecular flexibility index (Phi) is 5.93. The minimum Gasteiger partial charge on any atom is -0.395 e. The van der Waals surface area contributed by atoms with Gasteiger partial charge in [0.1, 0.15) is 10.7 Å². The molecule has 3 rings (SSSR count). The van der Waals surface area contributed by atoms with Gasteiger partial charge in [0.25, 0.3) is 5.56 Å². The van der Waals surface area contributed by atoms with Crippen LogP contribution in [-0.2, 0) is 11.3 Å². The number of nitrogens with zero attached hydrogens (tertiary/aromatic N) is 2. The molecule has 2 N–H and O–H groups in total. The largest absolute Gasteiger partial charge is 0.395 e. The molecular formula is C18H21N3O3S. The number of aromatic nitrogens is 2. The number of methoxy groups -OCH3 is 1. The molecule has 0 amide bonds. The van der Waals surface area contributed by atoms with Crippen LogP contribution in [0.1, 0.15) is 5.82 Å². The summed E-state index contributed by atoms with van der Waals surface area (Å²) in [4.78, 5) is 22.9. The number of hydrogen-bond acceptors (Lipinski definition) is 6. The van der Waals surface area contributed by atoms with E-state index in [1.165, 1.54) is 11.3 Å². The predicted octanol–water partition coefficient (Wildman–Crippen LogP) is 2.09. The fraction of sp³-hybridized carbons (Fsp3) is 0.333. The Labute approximate surface area is 149 Å². The van der Waals surface area contributed by atoms with Gasteiger partial charge in [0.05, 0.1) is 25.1 Å². The fourth-order valence-electron chi connectivity index (χ4n) is 2.74. The van der Waals surface area contributed by atoms with E-state index in [2.05, 4.69) is 9.97 Å². The highest BCUT2D eigenvalue weighted by molar-refractivity contribution is 7.17. The summed E-state index contributed by atoms with van der Waals surface area (Å²) in [7, 11) is 1.64. The molecule has 0 aliphatic heterocycles. The standard InChI is InChI=1S/C18H21N3O3S/c1-24-10-8-21(7-9-22)11-15-19-17(23)16-14(12-25-18(16)20-15)13-5-3-2-4-6-13/h2-6,12,22H,7-11H2,1H3,(H,19,20,23). The summed E-state index contributed by atoms with van der Waals surface area (Å²) >= 11 is 1.47. The van der Waals surface area contributed by atoms with Gasteiger partial charge < -0.3 is 14.8 Å². The van der Waals surface area contributed by atoms with Crippen LogP contribution in [0.25, 0.3) is 21.3 Å². The number of aromatic amines is 1. The number of hydrogen-bond donors (Lipinski definition) is 2. The third-order valence-corrected chi connectivity index (χ3v) is 4.85. The number of fused-ring (bicyclic) bond motifs is 1. The summed E-state index contributed by atoms with van der Waals surface area (Å²) in [6.07, 6.45) is 0. The first-order valence-electron chi connectivity index (χ1n) is 8.11. The molecule has 132 valence electrons. The van der Waals surface area contributed by atoms with Crippen LogP contribution in [0.15, 0.2) is 40.5 Å². The van der Waals surface area contributed by atoms with Crippen LogP contribution in [-0.4, -0.2) is 53.4 Å². The molecule has 0 aliphatic rings. The molecule has 0 radical (unpaired) electrons. The lowest BCUT2D eigenvalue weighted by Gasteiger charge is -2.20. The van der Waals surface area contributed by atoms with Crippen LogP contribution in [0.3, 0.4) is 0 Å². The summed E-state index contributed by atoms with van der Waals surface area (Å²) in [5, 5.41) is 11.8. The predicted molar refractivity (Wildman–Crippen MR) is 99.9 cm³/mol. The van der Waals surface area contributed by atoms with Gasteiger partial charge in [0.2, 0.25) is 0 Å². The number of nitrogens with one attached hydrogen (secondary N) is 1. The minimum atomic E-state index is -0.129. The van der Waals surface area contributed by atoms with Gasteiger partial charge in [-0.05, 0) is 5.56 Å². The molecule has 0 fully saturated rings. The van der Waals surface area contributed by atoms with E-state index in [0.717, 1.165) is 16.0 Å². The van der Waals surface area contributed by atoms with E-state index in [4.69, 9.17) is 4.74 Å². The SMILES string of the molecule is COCCN(CCO)Cc1nc2scc(-c3ccccc3)c2c(=O)[nH]1. The molecule has 0 saturated heterocycles. The third kappa shape index (κ3) is 4.13. The van der Waals surface area contributed by atoms with Crippen molar-refractivity contribution in [2.75, 3.05) is 33.4 Å². The van der Waals surface area contributed by atoms with Gasteiger partial charge in [-0.1, -0.05) is 30.3 Å². The van der Waals surface area contributed by atoms with Crippen LogP contribution in [0, 0.1) is 0 Å². The number of ether oxygens (including phenoxy) is 1. The van der Waals surface area contributed by atoms with Crippen LogP contribution in [0.5, 0.6) is 0 Å². The van der Waals surface area contributed by atoms with E-state index in [0.29, 0.717) is 37.5 Å². The molecule has 2 aromatic heterocycles. The van der Waals surface area contributed by atoms with Crippen molar-refractivity contribution in [3.8, 4) is 11.1 Å². The second-order valence-electron chi connectivity index (χ2n) is 5.70. The van der Waals surface area contributed by atoms with E-state index in [1.54, 1.807) is 7.11 Å². The zero-order valence-electron chi connectivity index (χ0n) is 14.1. The van der Waals surface area contributed by atoms with Gasteiger partial charge in [-0.2, -0.15) is 0 Å². The topological polar surface area (TPSA) is 78.5 Å². The van der Waals surface area contributed by atoms with Crippen LogP contribution >= 0.6 is 11.3 Å². The molecule has 2 heterocycles. The van der Waals surface area contributed by atoms with Crippen molar-refractivity contribution < 1.29 is 9.84 Å². The summed E-state index contributed by atoms with van der Waals surface area (Å²) in [5.74, 6) is 0.600. The van der Waals surface area contributed by atoms with Crippen molar-refractivity contribution in [2.24, 2.45) is 0 Å². The Hall–Kier alpha value is -2.06. The second-order valence-corrected chi connectivity index (χ2v) is 6.56. The van der Waals surface area contributed by atoms with Crippen molar-refractivity contribution in [2.45, 2.75) is 6.54 Å². The van der Waals surface area contributed by atoms with Gasteiger partial charge in [0, 0.05) is 31.1 Å². The Morgan fingerprint density at radius 1 is 1.28 bits per heavy atom. The van der Waals surface area contributed by atoms with Crippen molar-refractivity contribution in [1.29, 1.82) is 0 Å². The number of benzene rings is 1. The maximum atomic E-state index is 12.6. The van der Waals surface area contributed by atoms with Gasteiger partial charge >= 0.3 is 0 Å². The average Bonchev–Trinajstić information content (AvgIpc) is 3.05. The zero-order chi connectivity index (χ0) is 17.6. The molecule has 0 saturated carbocycles. The highest BCUT2D eigenvalue weighted by Crippen LogP contribution is 2.30. The molecule has 0 aliphatic carbocycles. The highest BCUT2D eigenvalue weighted by atomic mass is 32.1.